The highest BCUT2D eigenvalue weighted by atomic mass is 15.1. The minimum atomic E-state index is -0.0671. The smallest absolute Gasteiger partial charge is 0.0546 e. The number of benzene rings is 8. The SMILES string of the molecule is CC1(C)c2ccccc2-c2ccc(-c3cccc4cccc(N(c5ccc(-c6ccccc6)cc5)c5ccc(-c6ccccc6)cc5)c34)cc21. The Kier molecular flexibility index (Phi) is 7.21. The van der Waals surface area contributed by atoms with Gasteiger partial charge in [0, 0.05) is 22.2 Å². The van der Waals surface area contributed by atoms with Gasteiger partial charge in [-0.2, -0.15) is 0 Å². The van der Waals surface area contributed by atoms with Gasteiger partial charge in [0.2, 0.25) is 0 Å². The third-order valence-corrected chi connectivity index (χ3v) is 10.5. The molecule has 0 spiro atoms. The normalized spacial score (nSPS) is 12.8. The van der Waals surface area contributed by atoms with E-state index in [0.717, 1.165) is 17.1 Å². The Morgan fingerprint density at radius 2 is 0.840 bits per heavy atom. The molecule has 0 aromatic heterocycles. The minimum Gasteiger partial charge on any atom is -0.310 e. The van der Waals surface area contributed by atoms with Crippen LogP contribution in [0.3, 0.4) is 0 Å². The molecule has 1 aliphatic rings. The monoisotopic (exact) mass is 639 g/mol. The zero-order valence-electron chi connectivity index (χ0n) is 28.3. The highest BCUT2D eigenvalue weighted by molar-refractivity contribution is 6.08. The van der Waals surface area contributed by atoms with Crippen molar-refractivity contribution in [2.24, 2.45) is 0 Å². The van der Waals surface area contributed by atoms with Crippen LogP contribution in [0.1, 0.15) is 25.0 Å². The summed E-state index contributed by atoms with van der Waals surface area (Å²) in [6.07, 6.45) is 0. The Balaban J connectivity index is 1.22. The second-order valence-corrected chi connectivity index (χ2v) is 13.8. The van der Waals surface area contributed by atoms with Crippen molar-refractivity contribution in [1.29, 1.82) is 0 Å². The van der Waals surface area contributed by atoms with Crippen LogP contribution >= 0.6 is 0 Å². The zero-order chi connectivity index (χ0) is 33.7. The van der Waals surface area contributed by atoms with Gasteiger partial charge in [0.05, 0.1) is 5.69 Å². The summed E-state index contributed by atoms with van der Waals surface area (Å²) in [6, 6.07) is 68.6. The first-order chi connectivity index (χ1) is 24.6. The summed E-state index contributed by atoms with van der Waals surface area (Å²) in [5, 5.41) is 2.46. The maximum atomic E-state index is 2.44. The Bertz CT molecular complexity index is 2390. The minimum absolute atomic E-state index is 0.0671. The Labute approximate surface area is 294 Å². The molecule has 8 aromatic rings. The molecule has 0 saturated heterocycles. The van der Waals surface area contributed by atoms with Crippen LogP contribution in [0.5, 0.6) is 0 Å². The van der Waals surface area contributed by atoms with Crippen LogP contribution in [0.4, 0.5) is 17.1 Å². The maximum absolute atomic E-state index is 2.44. The van der Waals surface area contributed by atoms with Gasteiger partial charge in [-0.15, -0.1) is 0 Å². The van der Waals surface area contributed by atoms with Gasteiger partial charge in [-0.05, 0) is 97.4 Å². The van der Waals surface area contributed by atoms with E-state index in [1.165, 1.54) is 66.4 Å². The Morgan fingerprint density at radius 1 is 0.360 bits per heavy atom. The molecule has 50 heavy (non-hydrogen) atoms. The van der Waals surface area contributed by atoms with Crippen molar-refractivity contribution in [2.45, 2.75) is 19.3 Å². The molecule has 0 atom stereocenters. The molecule has 0 N–H and O–H groups in total. The van der Waals surface area contributed by atoms with Crippen molar-refractivity contribution in [3.63, 3.8) is 0 Å². The maximum Gasteiger partial charge on any atom is 0.0546 e. The van der Waals surface area contributed by atoms with Gasteiger partial charge in [0.1, 0.15) is 0 Å². The van der Waals surface area contributed by atoms with E-state index in [0.29, 0.717) is 0 Å². The molecule has 0 unspecified atom stereocenters. The van der Waals surface area contributed by atoms with Crippen molar-refractivity contribution >= 4 is 27.8 Å². The molecule has 0 fully saturated rings. The second-order valence-electron chi connectivity index (χ2n) is 13.8. The van der Waals surface area contributed by atoms with E-state index in [1.54, 1.807) is 0 Å². The molecule has 0 radical (unpaired) electrons. The average molecular weight is 640 g/mol. The molecular weight excluding hydrogens is 603 g/mol. The predicted molar refractivity (Wildman–Crippen MR) is 213 cm³/mol. The summed E-state index contributed by atoms with van der Waals surface area (Å²) >= 11 is 0. The van der Waals surface area contributed by atoms with E-state index in [-0.39, 0.29) is 5.41 Å². The lowest BCUT2D eigenvalue weighted by atomic mass is 9.81. The van der Waals surface area contributed by atoms with Crippen molar-refractivity contribution in [3.05, 3.63) is 199 Å². The third kappa shape index (κ3) is 5.02. The van der Waals surface area contributed by atoms with Gasteiger partial charge in [-0.1, -0.05) is 166 Å². The summed E-state index contributed by atoms with van der Waals surface area (Å²) in [5.74, 6) is 0. The topological polar surface area (TPSA) is 3.24 Å². The molecule has 0 aliphatic heterocycles. The van der Waals surface area contributed by atoms with Gasteiger partial charge >= 0.3 is 0 Å². The molecule has 0 bridgehead atoms. The fraction of sp³-hybridized carbons (Fsp3) is 0.0612. The summed E-state index contributed by atoms with van der Waals surface area (Å²) in [4.78, 5) is 2.42. The predicted octanol–water partition coefficient (Wildman–Crippen LogP) is 13.6. The molecule has 8 aromatic carbocycles. The number of hydrogen-bond donors (Lipinski definition) is 0. The number of anilines is 3. The largest absolute Gasteiger partial charge is 0.310 e. The third-order valence-electron chi connectivity index (χ3n) is 10.5. The van der Waals surface area contributed by atoms with Crippen LogP contribution in [0, 0.1) is 0 Å². The standard InChI is InChI=1S/C49H37N/c1-49(2)45-21-10-9-19-43(45)44-32-27-39(33-46(44)49)42-20-11-17-38-18-12-22-47(48(38)42)50(40-28-23-36(24-29-40)34-13-5-3-6-14-34)41-30-25-37(26-31-41)35-15-7-4-8-16-35/h3-33H,1-2H3. The van der Waals surface area contributed by atoms with Crippen molar-refractivity contribution in [3.8, 4) is 44.5 Å². The number of fused-ring (bicyclic) bond motifs is 4. The first kappa shape index (κ1) is 29.9. The summed E-state index contributed by atoms with van der Waals surface area (Å²) in [5.41, 5.74) is 16.1. The highest BCUT2D eigenvalue weighted by Gasteiger charge is 2.35. The fourth-order valence-corrected chi connectivity index (χ4v) is 7.91. The molecule has 1 nitrogen and oxygen atoms in total. The van der Waals surface area contributed by atoms with Gasteiger partial charge in [0.15, 0.2) is 0 Å². The van der Waals surface area contributed by atoms with Gasteiger partial charge in [0.25, 0.3) is 0 Å². The highest BCUT2D eigenvalue weighted by Crippen LogP contribution is 2.50. The summed E-state index contributed by atoms with van der Waals surface area (Å²) in [7, 11) is 0. The molecule has 1 heteroatoms. The van der Waals surface area contributed by atoms with Crippen LogP contribution < -0.4 is 4.90 Å². The van der Waals surface area contributed by atoms with E-state index in [4.69, 9.17) is 0 Å². The van der Waals surface area contributed by atoms with Crippen molar-refractivity contribution in [1.82, 2.24) is 0 Å². The van der Waals surface area contributed by atoms with Gasteiger partial charge < -0.3 is 4.90 Å². The molecule has 0 amide bonds. The van der Waals surface area contributed by atoms with E-state index in [1.807, 2.05) is 0 Å². The van der Waals surface area contributed by atoms with Crippen LogP contribution in [0.2, 0.25) is 0 Å². The number of nitrogens with zero attached hydrogens (tertiary/aromatic N) is 1. The fourth-order valence-electron chi connectivity index (χ4n) is 7.91. The van der Waals surface area contributed by atoms with Crippen LogP contribution in [-0.2, 0) is 5.41 Å². The van der Waals surface area contributed by atoms with Crippen LogP contribution in [0.25, 0.3) is 55.3 Å². The van der Waals surface area contributed by atoms with Gasteiger partial charge in [-0.3, -0.25) is 0 Å². The first-order valence-corrected chi connectivity index (χ1v) is 17.4. The zero-order valence-corrected chi connectivity index (χ0v) is 28.3. The molecule has 1 aliphatic carbocycles. The molecule has 238 valence electrons. The second kappa shape index (κ2) is 12.1. The lowest BCUT2D eigenvalue weighted by Gasteiger charge is -2.28. The van der Waals surface area contributed by atoms with E-state index in [2.05, 4.69) is 207 Å². The first-order valence-electron chi connectivity index (χ1n) is 17.4. The average Bonchev–Trinajstić information content (AvgIpc) is 3.41. The van der Waals surface area contributed by atoms with Crippen LogP contribution in [-0.4, -0.2) is 0 Å². The van der Waals surface area contributed by atoms with Gasteiger partial charge in [-0.25, -0.2) is 0 Å². The lowest BCUT2D eigenvalue weighted by Crippen LogP contribution is -2.15. The van der Waals surface area contributed by atoms with Crippen LogP contribution in [0.15, 0.2) is 188 Å². The quantitative estimate of drug-likeness (QED) is 0.175. The molecule has 0 saturated carbocycles. The Hall–Kier alpha value is -6.18. The van der Waals surface area contributed by atoms with E-state index in [9.17, 15) is 0 Å². The summed E-state index contributed by atoms with van der Waals surface area (Å²) < 4.78 is 0. The molecule has 0 heterocycles. The number of rotatable bonds is 6. The number of hydrogen-bond acceptors (Lipinski definition) is 1. The Morgan fingerprint density at radius 3 is 1.46 bits per heavy atom. The van der Waals surface area contributed by atoms with Crippen molar-refractivity contribution < 1.29 is 0 Å². The molecular formula is C49H37N. The summed E-state index contributed by atoms with van der Waals surface area (Å²) in [6.45, 7) is 4.71. The molecule has 9 rings (SSSR count). The van der Waals surface area contributed by atoms with E-state index < -0.39 is 0 Å². The lowest BCUT2D eigenvalue weighted by molar-refractivity contribution is 0.660. The van der Waals surface area contributed by atoms with Crippen molar-refractivity contribution in [2.75, 3.05) is 4.90 Å². The van der Waals surface area contributed by atoms with E-state index >= 15 is 0 Å².